The summed E-state index contributed by atoms with van der Waals surface area (Å²) in [7, 11) is 0. The monoisotopic (exact) mass is 372 g/mol. The van der Waals surface area contributed by atoms with Gasteiger partial charge in [-0.1, -0.05) is 30.3 Å². The molecule has 4 aromatic rings. The number of para-hydroxylation sites is 2. The van der Waals surface area contributed by atoms with E-state index in [1.807, 2.05) is 67.1 Å². The van der Waals surface area contributed by atoms with Gasteiger partial charge in [0.25, 0.3) is 5.91 Å². The molecule has 2 aromatic carbocycles. The van der Waals surface area contributed by atoms with Crippen LogP contribution in [0.4, 0.5) is 0 Å². The Kier molecular flexibility index (Phi) is 4.72. The molecular weight excluding hydrogens is 352 g/mol. The van der Waals surface area contributed by atoms with E-state index in [-0.39, 0.29) is 11.9 Å². The van der Waals surface area contributed by atoms with Gasteiger partial charge in [-0.05, 0) is 38.1 Å². The predicted octanol–water partition coefficient (Wildman–Crippen LogP) is 3.25. The van der Waals surface area contributed by atoms with Gasteiger partial charge >= 0.3 is 0 Å². The van der Waals surface area contributed by atoms with E-state index in [0.29, 0.717) is 11.3 Å². The molecule has 1 amide bonds. The summed E-state index contributed by atoms with van der Waals surface area (Å²) in [6, 6.07) is 17.0. The number of hydrogen-bond donors (Lipinski definition) is 1. The fraction of sp³-hybridized carbons (Fsp3) is 0.143. The molecule has 4 rings (SSSR count). The number of nitrogens with zero attached hydrogens (tertiary/aromatic N) is 5. The molecular formula is C21H20N6O. The molecule has 0 bridgehead atoms. The smallest absolute Gasteiger partial charge is 0.253 e. The zero-order valence-electron chi connectivity index (χ0n) is 15.6. The summed E-state index contributed by atoms with van der Waals surface area (Å²) in [6.45, 7) is 3.96. The quantitative estimate of drug-likeness (QED) is 0.583. The van der Waals surface area contributed by atoms with Crippen molar-refractivity contribution in [3.8, 4) is 11.4 Å². The summed E-state index contributed by atoms with van der Waals surface area (Å²) >= 11 is 0. The molecule has 0 aliphatic heterocycles. The van der Waals surface area contributed by atoms with E-state index < -0.39 is 0 Å². The lowest BCUT2D eigenvalue weighted by Gasteiger charge is -2.16. The highest BCUT2D eigenvalue weighted by Crippen LogP contribution is 2.21. The van der Waals surface area contributed by atoms with Crippen molar-refractivity contribution in [2.75, 3.05) is 0 Å². The minimum absolute atomic E-state index is 0.175. The molecule has 28 heavy (non-hydrogen) atoms. The van der Waals surface area contributed by atoms with Gasteiger partial charge in [-0.15, -0.1) is 0 Å². The molecule has 1 N–H and O–H groups in total. The zero-order chi connectivity index (χ0) is 19.5. The average Bonchev–Trinajstić information content (AvgIpc) is 3.38. The van der Waals surface area contributed by atoms with Gasteiger partial charge in [0.1, 0.15) is 12.7 Å². The standard InChI is InChI=1S/C21H20N6O/c1-15(19-12-23-27(16(19)2)17-8-4-3-5-9-17)25-21(28)18-10-6-7-11-20(18)26-14-22-13-24-26/h3-15H,1-2H3,(H,25,28)/t15-/m1/s1. The first-order chi connectivity index (χ1) is 13.6. The Labute approximate surface area is 162 Å². The van der Waals surface area contributed by atoms with Crippen LogP contribution in [-0.4, -0.2) is 30.5 Å². The van der Waals surface area contributed by atoms with E-state index in [0.717, 1.165) is 16.9 Å². The molecule has 0 fully saturated rings. The summed E-state index contributed by atoms with van der Waals surface area (Å²) in [5, 5.41) is 11.7. The maximum absolute atomic E-state index is 12.9. The zero-order valence-corrected chi connectivity index (χ0v) is 15.6. The Morgan fingerprint density at radius 2 is 1.79 bits per heavy atom. The van der Waals surface area contributed by atoms with Crippen molar-refractivity contribution in [2.45, 2.75) is 19.9 Å². The molecule has 0 aliphatic rings. The maximum Gasteiger partial charge on any atom is 0.253 e. The average molecular weight is 372 g/mol. The molecule has 2 aromatic heterocycles. The largest absolute Gasteiger partial charge is 0.345 e. The number of hydrogen-bond acceptors (Lipinski definition) is 4. The number of aromatic nitrogens is 5. The van der Waals surface area contributed by atoms with Crippen LogP contribution in [0.25, 0.3) is 11.4 Å². The second kappa shape index (κ2) is 7.48. The van der Waals surface area contributed by atoms with Crippen LogP contribution >= 0.6 is 0 Å². The van der Waals surface area contributed by atoms with Crippen LogP contribution in [0, 0.1) is 6.92 Å². The topological polar surface area (TPSA) is 77.6 Å². The van der Waals surface area contributed by atoms with Crippen LogP contribution in [0.2, 0.25) is 0 Å². The number of carbonyl (C=O) groups excluding carboxylic acids is 1. The summed E-state index contributed by atoms with van der Waals surface area (Å²) in [5.74, 6) is -0.175. The molecule has 0 aliphatic carbocycles. The molecule has 2 heterocycles. The Balaban J connectivity index is 1.58. The minimum atomic E-state index is -0.200. The van der Waals surface area contributed by atoms with Crippen LogP contribution in [0.1, 0.15) is 34.6 Å². The molecule has 0 unspecified atom stereocenters. The number of carbonyl (C=O) groups is 1. The van der Waals surface area contributed by atoms with Crippen LogP contribution in [0.3, 0.4) is 0 Å². The van der Waals surface area contributed by atoms with E-state index in [9.17, 15) is 4.79 Å². The molecule has 0 saturated heterocycles. The third-order valence-corrected chi connectivity index (χ3v) is 4.68. The Morgan fingerprint density at radius 3 is 2.54 bits per heavy atom. The Bertz CT molecular complexity index is 1090. The van der Waals surface area contributed by atoms with Crippen LogP contribution in [0.5, 0.6) is 0 Å². The molecule has 7 nitrogen and oxygen atoms in total. The normalized spacial score (nSPS) is 11.9. The molecule has 1 atom stereocenters. The fourth-order valence-corrected chi connectivity index (χ4v) is 3.23. The Hall–Kier alpha value is -3.74. The van der Waals surface area contributed by atoms with Crippen LogP contribution in [-0.2, 0) is 0 Å². The van der Waals surface area contributed by atoms with E-state index >= 15 is 0 Å². The van der Waals surface area contributed by atoms with Crippen molar-refractivity contribution in [3.05, 3.63) is 90.3 Å². The fourth-order valence-electron chi connectivity index (χ4n) is 3.23. The summed E-state index contributed by atoms with van der Waals surface area (Å²) in [4.78, 5) is 16.9. The lowest BCUT2D eigenvalue weighted by molar-refractivity contribution is 0.0939. The van der Waals surface area contributed by atoms with Gasteiger partial charge in [-0.2, -0.15) is 10.2 Å². The highest BCUT2D eigenvalue weighted by Gasteiger charge is 2.19. The maximum atomic E-state index is 12.9. The number of rotatable bonds is 5. The van der Waals surface area contributed by atoms with Gasteiger partial charge < -0.3 is 5.32 Å². The molecule has 7 heteroatoms. The van der Waals surface area contributed by atoms with Gasteiger partial charge in [0.15, 0.2) is 0 Å². The van der Waals surface area contributed by atoms with E-state index in [4.69, 9.17) is 0 Å². The van der Waals surface area contributed by atoms with Gasteiger partial charge in [0.05, 0.1) is 29.2 Å². The lowest BCUT2D eigenvalue weighted by atomic mass is 10.1. The van der Waals surface area contributed by atoms with Crippen molar-refractivity contribution < 1.29 is 4.79 Å². The molecule has 0 spiro atoms. The molecule has 0 radical (unpaired) electrons. The second-order valence-corrected chi connectivity index (χ2v) is 6.49. The van der Waals surface area contributed by atoms with E-state index in [1.165, 1.54) is 6.33 Å². The predicted molar refractivity (Wildman–Crippen MR) is 106 cm³/mol. The van der Waals surface area contributed by atoms with Crippen molar-refractivity contribution >= 4 is 5.91 Å². The highest BCUT2D eigenvalue weighted by atomic mass is 16.1. The minimum Gasteiger partial charge on any atom is -0.345 e. The van der Waals surface area contributed by atoms with Crippen LogP contribution < -0.4 is 5.32 Å². The first kappa shape index (κ1) is 17.7. The number of nitrogens with one attached hydrogen (secondary N) is 1. The van der Waals surface area contributed by atoms with E-state index in [2.05, 4.69) is 20.5 Å². The Morgan fingerprint density at radius 1 is 1.04 bits per heavy atom. The van der Waals surface area contributed by atoms with Crippen LogP contribution in [0.15, 0.2) is 73.4 Å². The van der Waals surface area contributed by atoms with Crippen molar-refractivity contribution in [1.29, 1.82) is 0 Å². The van der Waals surface area contributed by atoms with Gasteiger partial charge in [-0.25, -0.2) is 14.3 Å². The summed E-state index contributed by atoms with van der Waals surface area (Å²) < 4.78 is 3.46. The van der Waals surface area contributed by atoms with Crippen molar-refractivity contribution in [3.63, 3.8) is 0 Å². The first-order valence-electron chi connectivity index (χ1n) is 9.00. The molecule has 140 valence electrons. The second-order valence-electron chi connectivity index (χ2n) is 6.49. The highest BCUT2D eigenvalue weighted by molar-refractivity contribution is 5.97. The molecule has 0 saturated carbocycles. The third-order valence-electron chi connectivity index (χ3n) is 4.68. The summed E-state index contributed by atoms with van der Waals surface area (Å²) in [6.07, 6.45) is 4.82. The van der Waals surface area contributed by atoms with Gasteiger partial charge in [-0.3, -0.25) is 4.79 Å². The van der Waals surface area contributed by atoms with Gasteiger partial charge in [0, 0.05) is 11.3 Å². The first-order valence-corrected chi connectivity index (χ1v) is 9.00. The summed E-state index contributed by atoms with van der Waals surface area (Å²) in [5.41, 5.74) is 4.16. The van der Waals surface area contributed by atoms with Crippen molar-refractivity contribution in [1.82, 2.24) is 29.9 Å². The lowest BCUT2D eigenvalue weighted by Crippen LogP contribution is -2.28. The third kappa shape index (κ3) is 3.29. The van der Waals surface area contributed by atoms with E-state index in [1.54, 1.807) is 23.3 Å². The SMILES string of the molecule is Cc1c([C@@H](C)NC(=O)c2ccccc2-n2cncn2)cnn1-c1ccccc1. The van der Waals surface area contributed by atoms with Crippen molar-refractivity contribution in [2.24, 2.45) is 0 Å². The number of benzene rings is 2. The number of amides is 1. The van der Waals surface area contributed by atoms with Gasteiger partial charge in [0.2, 0.25) is 0 Å².